The first-order chi connectivity index (χ1) is 14.0. The molecule has 2 N–H and O–H groups in total. The maximum atomic E-state index is 13.9. The number of hydrogen-bond donors (Lipinski definition) is 2. The van der Waals surface area contributed by atoms with E-state index in [0.29, 0.717) is 5.56 Å². The zero-order chi connectivity index (χ0) is 22.2. The molecule has 0 unspecified atom stereocenters. The number of nitrogens with zero attached hydrogens (tertiary/aromatic N) is 3. The molecule has 0 bridgehead atoms. The molecule has 2 heterocycles. The topological polar surface area (TPSA) is 105 Å². The van der Waals surface area contributed by atoms with Crippen molar-refractivity contribution >= 4 is 11.8 Å². The van der Waals surface area contributed by atoms with Gasteiger partial charge in [-0.1, -0.05) is 12.1 Å². The van der Waals surface area contributed by atoms with Crippen LogP contribution in [0.3, 0.4) is 0 Å². The average Bonchev–Trinajstić information content (AvgIpc) is 3.01. The number of rotatable bonds is 4. The largest absolute Gasteiger partial charge is 0.501 e. The van der Waals surface area contributed by atoms with Gasteiger partial charge < -0.3 is 15.3 Å². The van der Waals surface area contributed by atoms with Crippen molar-refractivity contribution in [1.82, 2.24) is 19.8 Å². The summed E-state index contributed by atoms with van der Waals surface area (Å²) in [6.45, 7) is 0.227. The van der Waals surface area contributed by atoms with Gasteiger partial charge in [0.1, 0.15) is 11.6 Å². The number of amides is 2. The van der Waals surface area contributed by atoms with Crippen LogP contribution in [0.25, 0.3) is 0 Å². The lowest BCUT2D eigenvalue weighted by molar-refractivity contribution is -0.131. The summed E-state index contributed by atoms with van der Waals surface area (Å²) in [5.41, 5.74) is -1.11. The third kappa shape index (κ3) is 4.14. The Balaban J connectivity index is 1.93. The van der Waals surface area contributed by atoms with Crippen LogP contribution in [-0.2, 0) is 18.4 Å². The molecule has 1 atom stereocenters. The summed E-state index contributed by atoms with van der Waals surface area (Å²) in [5.74, 6) is -6.38. The summed E-state index contributed by atoms with van der Waals surface area (Å²) >= 11 is 0. The lowest BCUT2D eigenvalue weighted by atomic mass is 10.1. The molecule has 1 saturated heterocycles. The van der Waals surface area contributed by atoms with E-state index in [-0.39, 0.29) is 12.4 Å². The Hall–Kier alpha value is -3.37. The molecule has 0 saturated carbocycles. The van der Waals surface area contributed by atoms with Gasteiger partial charge in [0.25, 0.3) is 17.4 Å². The number of aromatic nitrogens is 2. The predicted octanol–water partition coefficient (Wildman–Crippen LogP) is 1.48. The summed E-state index contributed by atoms with van der Waals surface area (Å²) in [5, 5.41) is 12.5. The Morgan fingerprint density at radius 2 is 1.93 bits per heavy atom. The van der Waals surface area contributed by atoms with Crippen LogP contribution in [0.2, 0.25) is 0 Å². The molecule has 0 radical (unpaired) electrons. The minimum Gasteiger partial charge on any atom is -0.501 e. The first kappa shape index (κ1) is 21.3. The minimum absolute atomic E-state index is 0.0498. The van der Waals surface area contributed by atoms with Crippen LogP contribution in [-0.4, -0.2) is 43.8 Å². The highest BCUT2D eigenvalue weighted by molar-refractivity contribution is 5.94. The van der Waals surface area contributed by atoms with E-state index in [9.17, 15) is 32.7 Å². The van der Waals surface area contributed by atoms with Gasteiger partial charge in [0.2, 0.25) is 11.7 Å². The van der Waals surface area contributed by atoms with Gasteiger partial charge in [-0.2, -0.15) is 0 Å². The fourth-order valence-electron chi connectivity index (χ4n) is 3.31. The number of halogens is 3. The molecule has 2 amide bonds. The maximum absolute atomic E-state index is 13.9. The number of benzene rings is 1. The molecule has 0 aliphatic carbocycles. The van der Waals surface area contributed by atoms with E-state index >= 15 is 0 Å². The van der Waals surface area contributed by atoms with Crippen molar-refractivity contribution in [2.75, 3.05) is 6.54 Å². The van der Waals surface area contributed by atoms with Gasteiger partial charge in [-0.25, -0.2) is 18.2 Å². The van der Waals surface area contributed by atoms with Crippen LogP contribution in [0.5, 0.6) is 5.75 Å². The highest BCUT2D eigenvalue weighted by Crippen LogP contribution is 2.40. The average molecular weight is 424 g/mol. The maximum Gasteiger partial charge on any atom is 0.296 e. The number of carbonyl (C=O) groups is 2. The minimum atomic E-state index is -3.18. The Morgan fingerprint density at radius 1 is 1.30 bits per heavy atom. The number of nitrogens with one attached hydrogen (secondary N) is 1. The van der Waals surface area contributed by atoms with Crippen molar-refractivity contribution < 1.29 is 27.9 Å². The highest BCUT2D eigenvalue weighted by Gasteiger charge is 2.48. The Labute approximate surface area is 169 Å². The molecule has 3 rings (SSSR count). The van der Waals surface area contributed by atoms with E-state index in [1.54, 1.807) is 0 Å². The van der Waals surface area contributed by atoms with E-state index in [0.717, 1.165) is 16.4 Å². The molecule has 8 nitrogen and oxygen atoms in total. The number of aromatic hydroxyl groups is 1. The second-order valence-corrected chi connectivity index (χ2v) is 7.06. The highest BCUT2D eigenvalue weighted by atomic mass is 19.3. The molecule has 160 valence electrons. The fraction of sp³-hybridized carbons (Fsp3) is 0.368. The zero-order valence-corrected chi connectivity index (χ0v) is 16.2. The van der Waals surface area contributed by atoms with Crippen LogP contribution in [0.1, 0.15) is 41.3 Å². The van der Waals surface area contributed by atoms with Gasteiger partial charge in [0.05, 0.1) is 12.6 Å². The van der Waals surface area contributed by atoms with E-state index < -0.39 is 59.6 Å². The molecule has 1 aliphatic rings. The summed E-state index contributed by atoms with van der Waals surface area (Å²) in [6.07, 6.45) is -0.770. The fourth-order valence-corrected chi connectivity index (χ4v) is 3.31. The SMILES string of the molecule is CC(=O)N1CC(F)(F)C[C@H]1c1nc(C(=O)NCc2ccc(F)cc2)c(O)c(=O)n1C. The second kappa shape index (κ2) is 7.81. The number of likely N-dealkylation sites (tertiary alicyclic amines) is 1. The predicted molar refractivity (Wildman–Crippen MR) is 98.4 cm³/mol. The van der Waals surface area contributed by atoms with Crippen LogP contribution >= 0.6 is 0 Å². The molecule has 1 aromatic heterocycles. The Bertz CT molecular complexity index is 1050. The number of carbonyl (C=O) groups excluding carboxylic acids is 2. The van der Waals surface area contributed by atoms with Crippen molar-refractivity contribution in [2.45, 2.75) is 31.9 Å². The van der Waals surface area contributed by atoms with Gasteiger partial charge in [0, 0.05) is 26.9 Å². The Morgan fingerprint density at radius 3 is 2.53 bits per heavy atom. The lowest BCUT2D eigenvalue weighted by Crippen LogP contribution is -2.36. The molecule has 2 aromatic rings. The normalized spacial score (nSPS) is 17.8. The zero-order valence-electron chi connectivity index (χ0n) is 16.2. The van der Waals surface area contributed by atoms with Gasteiger partial charge in [-0.05, 0) is 17.7 Å². The molecule has 30 heavy (non-hydrogen) atoms. The summed E-state index contributed by atoms with van der Waals surface area (Å²) in [4.78, 5) is 41.5. The molecular formula is C19H19F3N4O4. The van der Waals surface area contributed by atoms with Crippen molar-refractivity contribution in [2.24, 2.45) is 7.05 Å². The van der Waals surface area contributed by atoms with Gasteiger partial charge in [0.15, 0.2) is 5.69 Å². The smallest absolute Gasteiger partial charge is 0.296 e. The van der Waals surface area contributed by atoms with Crippen molar-refractivity contribution in [3.05, 3.63) is 57.5 Å². The summed E-state index contributed by atoms with van der Waals surface area (Å²) in [6, 6.07) is 4.03. The van der Waals surface area contributed by atoms with Crippen LogP contribution in [0, 0.1) is 5.82 Å². The van der Waals surface area contributed by atoms with Crippen molar-refractivity contribution in [3.63, 3.8) is 0 Å². The molecule has 0 spiro atoms. The summed E-state index contributed by atoms with van der Waals surface area (Å²) in [7, 11) is 1.21. The summed E-state index contributed by atoms with van der Waals surface area (Å²) < 4.78 is 41.7. The first-order valence-corrected chi connectivity index (χ1v) is 8.98. The molecule has 11 heteroatoms. The van der Waals surface area contributed by atoms with Gasteiger partial charge in [-0.3, -0.25) is 19.0 Å². The van der Waals surface area contributed by atoms with Crippen molar-refractivity contribution in [1.29, 1.82) is 0 Å². The first-order valence-electron chi connectivity index (χ1n) is 8.98. The van der Waals surface area contributed by atoms with E-state index in [1.807, 2.05) is 0 Å². The van der Waals surface area contributed by atoms with Crippen molar-refractivity contribution in [3.8, 4) is 5.75 Å². The van der Waals surface area contributed by atoms with E-state index in [4.69, 9.17) is 0 Å². The van der Waals surface area contributed by atoms with Gasteiger partial charge >= 0.3 is 0 Å². The quantitative estimate of drug-likeness (QED) is 0.774. The lowest BCUT2D eigenvalue weighted by Gasteiger charge is -2.24. The number of alkyl halides is 2. The number of hydrogen-bond acceptors (Lipinski definition) is 5. The third-order valence-corrected chi connectivity index (χ3v) is 4.86. The second-order valence-electron chi connectivity index (χ2n) is 7.06. The molecule has 1 fully saturated rings. The van der Waals surface area contributed by atoms with E-state index in [1.165, 1.54) is 31.3 Å². The van der Waals surface area contributed by atoms with Crippen LogP contribution in [0.4, 0.5) is 13.2 Å². The standard InChI is InChI=1S/C19H19F3N4O4/c1-10(27)26-9-19(21,22)7-13(26)16-24-14(15(28)18(30)25(16)2)17(29)23-8-11-3-5-12(20)6-4-11/h3-6,13,28H,7-9H2,1-2H3,(H,23,29)/t13-/m0/s1. The van der Waals surface area contributed by atoms with Gasteiger partial charge in [-0.15, -0.1) is 0 Å². The molecular weight excluding hydrogens is 405 g/mol. The van der Waals surface area contributed by atoms with Crippen LogP contribution < -0.4 is 10.9 Å². The van der Waals surface area contributed by atoms with E-state index in [2.05, 4.69) is 10.3 Å². The Kier molecular flexibility index (Phi) is 5.55. The van der Waals surface area contributed by atoms with Crippen LogP contribution in [0.15, 0.2) is 29.1 Å². The third-order valence-electron chi connectivity index (χ3n) is 4.86. The molecule has 1 aromatic carbocycles. The molecule has 1 aliphatic heterocycles. The monoisotopic (exact) mass is 424 g/mol.